The summed E-state index contributed by atoms with van der Waals surface area (Å²) in [6, 6.07) is 0. The Hall–Kier alpha value is -0.240. The second-order valence-corrected chi connectivity index (χ2v) is 3.92. The lowest BCUT2D eigenvalue weighted by Gasteiger charge is -2.22. The van der Waals surface area contributed by atoms with Gasteiger partial charge in [-0.1, -0.05) is 20.8 Å². The van der Waals surface area contributed by atoms with Crippen LogP contribution in [0.3, 0.4) is 0 Å². The molecule has 0 aromatic rings. The van der Waals surface area contributed by atoms with E-state index in [1.54, 1.807) is 6.92 Å². The Bertz CT molecular complexity index is 138. The predicted molar refractivity (Wildman–Crippen MR) is 45.7 cm³/mol. The van der Waals surface area contributed by atoms with Crippen LogP contribution < -0.4 is 0 Å². The van der Waals surface area contributed by atoms with Gasteiger partial charge in [-0.15, -0.1) is 11.6 Å². The molecule has 1 atom stereocenters. The summed E-state index contributed by atoms with van der Waals surface area (Å²) in [6.45, 7) is 7.87. The molecule has 0 bridgehead atoms. The minimum Gasteiger partial charge on any atom is -0.465 e. The lowest BCUT2D eigenvalue weighted by molar-refractivity contribution is -0.144. The van der Waals surface area contributed by atoms with Crippen LogP contribution in [0.2, 0.25) is 0 Å². The van der Waals surface area contributed by atoms with E-state index in [1.165, 1.54) is 0 Å². The highest BCUT2D eigenvalue weighted by molar-refractivity contribution is 6.30. The molecule has 0 aromatic carbocycles. The third kappa shape index (κ3) is 3.61. The second-order valence-electron chi connectivity index (χ2n) is 3.48. The fourth-order valence-electron chi connectivity index (χ4n) is 0.569. The zero-order valence-electron chi connectivity index (χ0n) is 7.48. The number of alkyl halides is 1. The zero-order chi connectivity index (χ0) is 9.07. The predicted octanol–water partition coefficient (Wildman–Crippen LogP) is 2.20. The molecule has 11 heavy (non-hydrogen) atoms. The van der Waals surface area contributed by atoms with Crippen LogP contribution in [0.1, 0.15) is 27.7 Å². The average Bonchev–Trinajstić information content (AvgIpc) is 1.85. The van der Waals surface area contributed by atoms with Crippen molar-refractivity contribution in [2.45, 2.75) is 33.1 Å². The summed E-state index contributed by atoms with van der Waals surface area (Å²) >= 11 is 5.81. The van der Waals surface area contributed by atoms with Crippen molar-refractivity contribution in [2.75, 3.05) is 6.61 Å². The Morgan fingerprint density at radius 1 is 1.55 bits per heavy atom. The van der Waals surface area contributed by atoms with E-state index in [9.17, 15) is 4.79 Å². The molecule has 0 aliphatic rings. The SMILES string of the molecule is CCOC(=O)C(Cl)C(C)(C)C. The molecule has 0 fully saturated rings. The van der Waals surface area contributed by atoms with Crippen LogP contribution in [0.15, 0.2) is 0 Å². The summed E-state index contributed by atoms with van der Waals surface area (Å²) in [5.41, 5.74) is -0.228. The van der Waals surface area contributed by atoms with Crippen molar-refractivity contribution >= 4 is 17.6 Å². The number of hydrogen-bond acceptors (Lipinski definition) is 2. The van der Waals surface area contributed by atoms with Gasteiger partial charge in [0, 0.05) is 0 Å². The highest BCUT2D eigenvalue weighted by Crippen LogP contribution is 2.25. The maximum absolute atomic E-state index is 11.0. The van der Waals surface area contributed by atoms with Gasteiger partial charge in [-0.25, -0.2) is 0 Å². The van der Waals surface area contributed by atoms with Crippen molar-refractivity contribution < 1.29 is 9.53 Å². The fourth-order valence-corrected chi connectivity index (χ4v) is 0.632. The van der Waals surface area contributed by atoms with Crippen LogP contribution in [0, 0.1) is 5.41 Å². The first-order valence-corrected chi connectivity index (χ1v) is 4.14. The van der Waals surface area contributed by atoms with Crippen LogP contribution in [0.4, 0.5) is 0 Å². The third-order valence-corrected chi connectivity index (χ3v) is 2.09. The van der Waals surface area contributed by atoms with Gasteiger partial charge < -0.3 is 4.74 Å². The monoisotopic (exact) mass is 178 g/mol. The molecule has 0 saturated carbocycles. The molecule has 0 rings (SSSR count). The average molecular weight is 179 g/mol. The van der Waals surface area contributed by atoms with Crippen molar-refractivity contribution in [2.24, 2.45) is 5.41 Å². The third-order valence-electron chi connectivity index (χ3n) is 1.25. The van der Waals surface area contributed by atoms with E-state index in [-0.39, 0.29) is 11.4 Å². The Morgan fingerprint density at radius 3 is 2.27 bits per heavy atom. The molecule has 0 saturated heterocycles. The maximum atomic E-state index is 11.0. The molecule has 1 unspecified atom stereocenters. The van der Waals surface area contributed by atoms with Gasteiger partial charge in [0.1, 0.15) is 5.38 Å². The van der Waals surface area contributed by atoms with Gasteiger partial charge in [0.15, 0.2) is 0 Å². The van der Waals surface area contributed by atoms with Crippen molar-refractivity contribution in [3.63, 3.8) is 0 Å². The van der Waals surface area contributed by atoms with Gasteiger partial charge in [0.25, 0.3) is 0 Å². The van der Waals surface area contributed by atoms with E-state index in [4.69, 9.17) is 16.3 Å². The molecule has 2 nitrogen and oxygen atoms in total. The number of carbonyl (C=O) groups excluding carboxylic acids is 1. The molecule has 0 N–H and O–H groups in total. The van der Waals surface area contributed by atoms with E-state index in [1.807, 2.05) is 20.8 Å². The van der Waals surface area contributed by atoms with E-state index >= 15 is 0 Å². The Morgan fingerprint density at radius 2 is 2.00 bits per heavy atom. The Kier molecular flexibility index (Phi) is 3.87. The summed E-state index contributed by atoms with van der Waals surface area (Å²) in [7, 11) is 0. The van der Waals surface area contributed by atoms with Crippen molar-refractivity contribution in [3.8, 4) is 0 Å². The highest BCUT2D eigenvalue weighted by atomic mass is 35.5. The van der Waals surface area contributed by atoms with E-state index in [0.29, 0.717) is 6.61 Å². The van der Waals surface area contributed by atoms with Crippen LogP contribution in [-0.4, -0.2) is 18.0 Å². The van der Waals surface area contributed by atoms with Gasteiger partial charge in [-0.05, 0) is 12.3 Å². The summed E-state index contributed by atoms with van der Waals surface area (Å²) in [4.78, 5) is 11.0. The molecule has 0 aliphatic heterocycles. The van der Waals surface area contributed by atoms with Crippen LogP contribution in [0.25, 0.3) is 0 Å². The van der Waals surface area contributed by atoms with E-state index in [2.05, 4.69) is 0 Å². The van der Waals surface area contributed by atoms with Crippen LogP contribution in [-0.2, 0) is 9.53 Å². The van der Waals surface area contributed by atoms with Crippen molar-refractivity contribution in [1.82, 2.24) is 0 Å². The topological polar surface area (TPSA) is 26.3 Å². The second kappa shape index (κ2) is 3.96. The molecule has 3 heteroatoms. The van der Waals surface area contributed by atoms with Crippen molar-refractivity contribution in [3.05, 3.63) is 0 Å². The van der Waals surface area contributed by atoms with E-state index in [0.717, 1.165) is 0 Å². The lowest BCUT2D eigenvalue weighted by Crippen LogP contribution is -2.30. The minimum atomic E-state index is -0.553. The quantitative estimate of drug-likeness (QED) is 0.479. The molecule has 0 heterocycles. The highest BCUT2D eigenvalue weighted by Gasteiger charge is 2.30. The van der Waals surface area contributed by atoms with Crippen LogP contribution >= 0.6 is 11.6 Å². The first kappa shape index (κ1) is 10.8. The summed E-state index contributed by atoms with van der Waals surface area (Å²) in [5, 5.41) is -0.553. The van der Waals surface area contributed by atoms with Gasteiger partial charge >= 0.3 is 5.97 Å². The Balaban J connectivity index is 4.03. The molecular formula is C8H15ClO2. The molecule has 66 valence electrons. The maximum Gasteiger partial charge on any atom is 0.324 e. The van der Waals surface area contributed by atoms with Gasteiger partial charge in [0.05, 0.1) is 6.61 Å². The fraction of sp³-hybridized carbons (Fsp3) is 0.875. The number of ether oxygens (including phenoxy) is 1. The molecule has 0 amide bonds. The molecule has 0 aliphatic carbocycles. The molecular weight excluding hydrogens is 164 g/mol. The normalized spacial score (nSPS) is 14.3. The first-order valence-electron chi connectivity index (χ1n) is 3.70. The van der Waals surface area contributed by atoms with Gasteiger partial charge in [-0.2, -0.15) is 0 Å². The number of carbonyl (C=O) groups is 1. The number of halogens is 1. The molecule has 0 spiro atoms. The lowest BCUT2D eigenvalue weighted by atomic mass is 9.92. The number of rotatable bonds is 2. The smallest absolute Gasteiger partial charge is 0.324 e. The molecule has 0 aromatic heterocycles. The van der Waals surface area contributed by atoms with Crippen LogP contribution in [0.5, 0.6) is 0 Å². The van der Waals surface area contributed by atoms with Crippen molar-refractivity contribution in [1.29, 1.82) is 0 Å². The number of hydrogen-bond donors (Lipinski definition) is 0. The summed E-state index contributed by atoms with van der Waals surface area (Å²) < 4.78 is 4.76. The number of esters is 1. The largest absolute Gasteiger partial charge is 0.465 e. The minimum absolute atomic E-state index is 0.228. The first-order chi connectivity index (χ1) is 4.89. The van der Waals surface area contributed by atoms with E-state index < -0.39 is 5.38 Å². The summed E-state index contributed by atoms with van der Waals surface area (Å²) in [5.74, 6) is -0.332. The van der Waals surface area contributed by atoms with Gasteiger partial charge in [-0.3, -0.25) is 4.79 Å². The molecule has 0 radical (unpaired) electrons. The Labute approximate surface area is 72.9 Å². The summed E-state index contributed by atoms with van der Waals surface area (Å²) in [6.07, 6.45) is 0. The van der Waals surface area contributed by atoms with Gasteiger partial charge in [0.2, 0.25) is 0 Å². The standard InChI is InChI=1S/C8H15ClO2/c1-5-11-7(10)6(9)8(2,3)4/h6H,5H2,1-4H3. The zero-order valence-corrected chi connectivity index (χ0v) is 8.23.